The Balaban J connectivity index is 1.78. The summed E-state index contributed by atoms with van der Waals surface area (Å²) in [6.45, 7) is 0.644. The molecular formula is C17H21NS. The van der Waals surface area contributed by atoms with Crippen LogP contribution in [0.5, 0.6) is 0 Å². The number of rotatable bonds is 3. The largest absolute Gasteiger partial charge is 0.326 e. The van der Waals surface area contributed by atoms with Gasteiger partial charge in [-0.25, -0.2) is 0 Å². The summed E-state index contributed by atoms with van der Waals surface area (Å²) in [6.07, 6.45) is 6.96. The zero-order valence-corrected chi connectivity index (χ0v) is 12.1. The standard InChI is InChI=1S/C17H21NS/c18-11-17-10-16(12-19-17)15-8-6-14(7-9-15)13-4-2-1-3-5-13/h6-10,12-13H,1-5,11,18H2. The van der Waals surface area contributed by atoms with Gasteiger partial charge in [0.2, 0.25) is 0 Å². The minimum Gasteiger partial charge on any atom is -0.326 e. The molecule has 1 aliphatic rings. The molecule has 0 spiro atoms. The van der Waals surface area contributed by atoms with Crippen LogP contribution in [0.2, 0.25) is 0 Å². The van der Waals surface area contributed by atoms with Gasteiger partial charge in [0.1, 0.15) is 0 Å². The molecule has 1 aromatic carbocycles. The fourth-order valence-electron chi connectivity index (χ4n) is 3.02. The number of thiophene rings is 1. The summed E-state index contributed by atoms with van der Waals surface area (Å²) in [6, 6.07) is 11.4. The van der Waals surface area contributed by atoms with Gasteiger partial charge in [-0.05, 0) is 46.9 Å². The van der Waals surface area contributed by atoms with E-state index >= 15 is 0 Å². The molecule has 0 saturated heterocycles. The van der Waals surface area contributed by atoms with E-state index in [2.05, 4.69) is 35.7 Å². The molecule has 1 aliphatic carbocycles. The zero-order valence-electron chi connectivity index (χ0n) is 11.3. The minimum absolute atomic E-state index is 0.644. The second-order valence-electron chi connectivity index (χ2n) is 5.46. The first-order valence-corrected chi connectivity index (χ1v) is 8.12. The van der Waals surface area contributed by atoms with Crippen LogP contribution in [0.25, 0.3) is 11.1 Å². The molecule has 0 bridgehead atoms. The quantitative estimate of drug-likeness (QED) is 0.842. The van der Waals surface area contributed by atoms with E-state index in [0.717, 1.165) is 5.92 Å². The average molecular weight is 271 g/mol. The third-order valence-corrected chi connectivity index (χ3v) is 5.13. The molecule has 1 heterocycles. The third kappa shape index (κ3) is 2.90. The van der Waals surface area contributed by atoms with Crippen LogP contribution in [0.15, 0.2) is 35.7 Å². The van der Waals surface area contributed by atoms with Crippen LogP contribution in [0, 0.1) is 0 Å². The molecule has 19 heavy (non-hydrogen) atoms. The minimum atomic E-state index is 0.644. The average Bonchev–Trinajstić information content (AvgIpc) is 2.97. The smallest absolute Gasteiger partial charge is 0.0274 e. The van der Waals surface area contributed by atoms with Gasteiger partial charge in [-0.2, -0.15) is 0 Å². The first-order valence-electron chi connectivity index (χ1n) is 7.24. The molecule has 0 unspecified atom stereocenters. The Morgan fingerprint density at radius 3 is 2.37 bits per heavy atom. The van der Waals surface area contributed by atoms with Crippen molar-refractivity contribution < 1.29 is 0 Å². The molecule has 0 atom stereocenters. The fraction of sp³-hybridized carbons (Fsp3) is 0.412. The molecule has 1 fully saturated rings. The Bertz CT molecular complexity index is 520. The highest BCUT2D eigenvalue weighted by molar-refractivity contribution is 7.10. The Hall–Kier alpha value is -1.12. The van der Waals surface area contributed by atoms with E-state index in [0.29, 0.717) is 6.54 Å². The van der Waals surface area contributed by atoms with Gasteiger partial charge in [0.25, 0.3) is 0 Å². The van der Waals surface area contributed by atoms with E-state index in [9.17, 15) is 0 Å². The Morgan fingerprint density at radius 2 is 1.74 bits per heavy atom. The van der Waals surface area contributed by atoms with Gasteiger partial charge in [0.05, 0.1) is 0 Å². The topological polar surface area (TPSA) is 26.0 Å². The first kappa shape index (κ1) is 12.9. The molecule has 2 aromatic rings. The molecule has 1 nitrogen and oxygen atoms in total. The van der Waals surface area contributed by atoms with E-state index in [1.165, 1.54) is 53.7 Å². The second kappa shape index (κ2) is 5.89. The monoisotopic (exact) mass is 271 g/mol. The van der Waals surface area contributed by atoms with Crippen molar-refractivity contribution in [2.24, 2.45) is 5.73 Å². The number of nitrogens with two attached hydrogens (primary N) is 1. The third-order valence-electron chi connectivity index (χ3n) is 4.18. The van der Waals surface area contributed by atoms with Crippen LogP contribution in [-0.2, 0) is 6.54 Å². The Kier molecular flexibility index (Phi) is 4.00. The lowest BCUT2D eigenvalue weighted by atomic mass is 9.84. The van der Waals surface area contributed by atoms with Crippen molar-refractivity contribution in [1.29, 1.82) is 0 Å². The zero-order chi connectivity index (χ0) is 13.1. The van der Waals surface area contributed by atoms with Crippen LogP contribution < -0.4 is 5.73 Å². The number of benzene rings is 1. The van der Waals surface area contributed by atoms with Gasteiger partial charge >= 0.3 is 0 Å². The molecule has 2 N–H and O–H groups in total. The van der Waals surface area contributed by atoms with Gasteiger partial charge in [0, 0.05) is 11.4 Å². The lowest BCUT2D eigenvalue weighted by Crippen LogP contribution is -2.04. The van der Waals surface area contributed by atoms with Crippen LogP contribution in [-0.4, -0.2) is 0 Å². The molecule has 0 amide bonds. The summed E-state index contributed by atoms with van der Waals surface area (Å²) in [4.78, 5) is 1.26. The summed E-state index contributed by atoms with van der Waals surface area (Å²) >= 11 is 1.75. The molecule has 0 aliphatic heterocycles. The maximum absolute atomic E-state index is 5.67. The van der Waals surface area contributed by atoms with Crippen LogP contribution in [0.3, 0.4) is 0 Å². The van der Waals surface area contributed by atoms with E-state index in [4.69, 9.17) is 5.73 Å². The molecule has 2 heteroatoms. The maximum Gasteiger partial charge on any atom is 0.0274 e. The first-order chi connectivity index (χ1) is 9.36. The van der Waals surface area contributed by atoms with E-state index < -0.39 is 0 Å². The number of hydrogen-bond acceptors (Lipinski definition) is 2. The highest BCUT2D eigenvalue weighted by Crippen LogP contribution is 2.34. The van der Waals surface area contributed by atoms with Crippen molar-refractivity contribution in [1.82, 2.24) is 0 Å². The summed E-state index contributed by atoms with van der Waals surface area (Å²) in [5.74, 6) is 0.796. The Labute approximate surface area is 119 Å². The lowest BCUT2D eigenvalue weighted by molar-refractivity contribution is 0.443. The van der Waals surface area contributed by atoms with E-state index in [1.54, 1.807) is 11.3 Å². The highest BCUT2D eigenvalue weighted by atomic mass is 32.1. The summed E-state index contributed by atoms with van der Waals surface area (Å²) in [5, 5.41) is 2.21. The summed E-state index contributed by atoms with van der Waals surface area (Å²) < 4.78 is 0. The van der Waals surface area contributed by atoms with Crippen molar-refractivity contribution >= 4 is 11.3 Å². The highest BCUT2D eigenvalue weighted by Gasteiger charge is 2.15. The van der Waals surface area contributed by atoms with Crippen molar-refractivity contribution in [3.8, 4) is 11.1 Å². The maximum atomic E-state index is 5.67. The normalized spacial score (nSPS) is 16.7. The van der Waals surface area contributed by atoms with Crippen LogP contribution in [0.4, 0.5) is 0 Å². The van der Waals surface area contributed by atoms with Crippen molar-refractivity contribution in [2.75, 3.05) is 0 Å². The van der Waals surface area contributed by atoms with Gasteiger partial charge in [0.15, 0.2) is 0 Å². The predicted molar refractivity (Wildman–Crippen MR) is 83.5 cm³/mol. The fourth-order valence-corrected chi connectivity index (χ4v) is 3.80. The van der Waals surface area contributed by atoms with Crippen molar-refractivity contribution in [2.45, 2.75) is 44.6 Å². The molecule has 1 saturated carbocycles. The van der Waals surface area contributed by atoms with Gasteiger partial charge in [-0.3, -0.25) is 0 Å². The summed E-state index contributed by atoms with van der Waals surface area (Å²) in [7, 11) is 0. The Morgan fingerprint density at radius 1 is 1.00 bits per heavy atom. The van der Waals surface area contributed by atoms with Gasteiger partial charge < -0.3 is 5.73 Å². The second-order valence-corrected chi connectivity index (χ2v) is 6.46. The molecule has 1 aromatic heterocycles. The SMILES string of the molecule is NCc1cc(-c2ccc(C3CCCCC3)cc2)cs1. The molecular weight excluding hydrogens is 250 g/mol. The van der Waals surface area contributed by atoms with E-state index in [-0.39, 0.29) is 0 Å². The van der Waals surface area contributed by atoms with Crippen molar-refractivity contribution in [3.05, 3.63) is 46.2 Å². The van der Waals surface area contributed by atoms with Crippen LogP contribution >= 0.6 is 11.3 Å². The van der Waals surface area contributed by atoms with Gasteiger partial charge in [-0.1, -0.05) is 43.5 Å². The van der Waals surface area contributed by atoms with E-state index in [1.807, 2.05) is 0 Å². The van der Waals surface area contributed by atoms with Crippen molar-refractivity contribution in [3.63, 3.8) is 0 Å². The molecule has 100 valence electrons. The molecule has 3 rings (SSSR count). The molecule has 0 radical (unpaired) electrons. The predicted octanol–water partition coefficient (Wildman–Crippen LogP) is 4.92. The lowest BCUT2D eigenvalue weighted by Gasteiger charge is -2.22. The summed E-state index contributed by atoms with van der Waals surface area (Å²) in [5.41, 5.74) is 9.82. The number of hydrogen-bond donors (Lipinski definition) is 1. The van der Waals surface area contributed by atoms with Gasteiger partial charge in [-0.15, -0.1) is 11.3 Å². The van der Waals surface area contributed by atoms with Crippen LogP contribution in [0.1, 0.15) is 48.5 Å².